The molecule has 4 nitrogen and oxygen atoms in total. The molecule has 1 N–H and O–H groups in total. The van der Waals surface area contributed by atoms with Gasteiger partial charge in [0.05, 0.1) is 0 Å². The van der Waals surface area contributed by atoms with Crippen molar-refractivity contribution in [3.05, 3.63) is 59.9 Å². The van der Waals surface area contributed by atoms with Gasteiger partial charge >= 0.3 is 0 Å². The highest BCUT2D eigenvalue weighted by atomic mass is 19.1. The predicted octanol–water partition coefficient (Wildman–Crippen LogP) is 3.37. The molecule has 0 bridgehead atoms. The largest absolute Gasteiger partial charge is 0.478 e. The van der Waals surface area contributed by atoms with Crippen molar-refractivity contribution in [3.63, 3.8) is 0 Å². The molecule has 1 aliphatic rings. The molecular weight excluding hydrogens is 309 g/mol. The maximum Gasteiger partial charge on any atom is 0.186 e. The summed E-state index contributed by atoms with van der Waals surface area (Å²) in [5.41, 5.74) is 1.21. The first-order valence-corrected chi connectivity index (χ1v) is 8.19. The Hall–Kier alpha value is -2.11. The van der Waals surface area contributed by atoms with Crippen LogP contribution in [0.25, 0.3) is 0 Å². The van der Waals surface area contributed by atoms with Crippen molar-refractivity contribution in [3.8, 4) is 11.5 Å². The van der Waals surface area contributed by atoms with Crippen LogP contribution in [0, 0.1) is 5.82 Å². The molecule has 0 atom stereocenters. The van der Waals surface area contributed by atoms with Crippen LogP contribution in [0.15, 0.2) is 48.5 Å². The third-order valence-corrected chi connectivity index (χ3v) is 4.38. The Bertz CT molecular complexity index is 639. The molecule has 2 aromatic rings. The molecule has 0 amide bonds. The lowest BCUT2D eigenvalue weighted by Crippen LogP contribution is -2.35. The molecule has 0 aliphatic carbocycles. The third kappa shape index (κ3) is 4.46. The SMILES string of the molecule is OCOc1cccc(OCN2CCC(c3ccc(F)cc3)CC2)c1. The highest BCUT2D eigenvalue weighted by Gasteiger charge is 2.20. The minimum atomic E-state index is -0.347. The van der Waals surface area contributed by atoms with Gasteiger partial charge in [0.15, 0.2) is 6.79 Å². The Morgan fingerprint density at radius 3 is 2.33 bits per heavy atom. The average molecular weight is 331 g/mol. The zero-order valence-electron chi connectivity index (χ0n) is 13.5. The van der Waals surface area contributed by atoms with E-state index in [0.29, 0.717) is 18.4 Å². The first-order valence-electron chi connectivity index (χ1n) is 8.19. The molecule has 24 heavy (non-hydrogen) atoms. The Balaban J connectivity index is 1.47. The van der Waals surface area contributed by atoms with E-state index < -0.39 is 0 Å². The van der Waals surface area contributed by atoms with Gasteiger partial charge in [-0.25, -0.2) is 4.39 Å². The molecule has 0 unspecified atom stereocenters. The number of rotatable bonds is 6. The molecule has 1 saturated heterocycles. The summed E-state index contributed by atoms with van der Waals surface area (Å²) in [7, 11) is 0. The quantitative estimate of drug-likeness (QED) is 0.824. The number of benzene rings is 2. The van der Waals surface area contributed by atoms with Crippen molar-refractivity contribution >= 4 is 0 Å². The predicted molar refractivity (Wildman–Crippen MR) is 89.6 cm³/mol. The fourth-order valence-electron chi connectivity index (χ4n) is 3.02. The number of aliphatic hydroxyl groups is 1. The lowest BCUT2D eigenvalue weighted by Gasteiger charge is -2.31. The maximum absolute atomic E-state index is 13.0. The first-order chi connectivity index (χ1) is 11.7. The van der Waals surface area contributed by atoms with Crippen molar-refractivity contribution in [2.75, 3.05) is 26.6 Å². The van der Waals surface area contributed by atoms with E-state index in [0.717, 1.165) is 31.7 Å². The molecule has 1 aliphatic heterocycles. The standard InChI is InChI=1S/C19H22FNO3/c20-17-6-4-15(5-7-17)16-8-10-21(11-9-16)13-23-18-2-1-3-19(12-18)24-14-22/h1-7,12,16,22H,8-11,13-14H2. The average Bonchev–Trinajstić information content (AvgIpc) is 2.62. The number of likely N-dealkylation sites (tertiary alicyclic amines) is 1. The Morgan fingerprint density at radius 1 is 1.00 bits per heavy atom. The van der Waals surface area contributed by atoms with E-state index in [4.69, 9.17) is 14.6 Å². The first kappa shape index (κ1) is 16.7. The lowest BCUT2D eigenvalue weighted by atomic mass is 9.90. The van der Waals surface area contributed by atoms with Gasteiger partial charge in [0.25, 0.3) is 0 Å². The van der Waals surface area contributed by atoms with Crippen molar-refractivity contribution in [2.24, 2.45) is 0 Å². The molecule has 3 rings (SSSR count). The van der Waals surface area contributed by atoms with E-state index in [1.54, 1.807) is 12.1 Å². The molecule has 128 valence electrons. The molecule has 1 fully saturated rings. The van der Waals surface area contributed by atoms with Crippen LogP contribution in [-0.2, 0) is 0 Å². The number of ether oxygens (including phenoxy) is 2. The fraction of sp³-hybridized carbons (Fsp3) is 0.368. The summed E-state index contributed by atoms with van der Waals surface area (Å²) in [5.74, 6) is 1.62. The monoisotopic (exact) mass is 331 g/mol. The van der Waals surface area contributed by atoms with E-state index in [1.807, 2.05) is 24.3 Å². The summed E-state index contributed by atoms with van der Waals surface area (Å²) in [5, 5.41) is 8.79. The van der Waals surface area contributed by atoms with Gasteiger partial charge in [0.2, 0.25) is 0 Å². The highest BCUT2D eigenvalue weighted by molar-refractivity contribution is 5.32. The zero-order valence-corrected chi connectivity index (χ0v) is 13.5. The lowest BCUT2D eigenvalue weighted by molar-refractivity contribution is 0.0934. The Morgan fingerprint density at radius 2 is 1.67 bits per heavy atom. The summed E-state index contributed by atoms with van der Waals surface area (Å²) in [6, 6.07) is 14.1. The van der Waals surface area contributed by atoms with Gasteiger partial charge in [-0.3, -0.25) is 4.90 Å². The number of aliphatic hydroxyl groups excluding tert-OH is 1. The smallest absolute Gasteiger partial charge is 0.186 e. The van der Waals surface area contributed by atoms with Crippen LogP contribution >= 0.6 is 0 Å². The molecule has 0 spiro atoms. The number of piperidine rings is 1. The molecule has 0 saturated carbocycles. The summed E-state index contributed by atoms with van der Waals surface area (Å²) < 4.78 is 23.9. The van der Waals surface area contributed by atoms with Crippen LogP contribution < -0.4 is 9.47 Å². The van der Waals surface area contributed by atoms with Crippen LogP contribution in [0.5, 0.6) is 11.5 Å². The van der Waals surface area contributed by atoms with E-state index in [9.17, 15) is 4.39 Å². The molecule has 5 heteroatoms. The summed E-state index contributed by atoms with van der Waals surface area (Å²) in [6.45, 7) is 2.09. The summed E-state index contributed by atoms with van der Waals surface area (Å²) in [6.07, 6.45) is 2.09. The molecular formula is C19H22FNO3. The van der Waals surface area contributed by atoms with Crippen molar-refractivity contribution < 1.29 is 19.0 Å². The molecule has 0 aromatic heterocycles. The third-order valence-electron chi connectivity index (χ3n) is 4.38. The summed E-state index contributed by atoms with van der Waals surface area (Å²) in [4.78, 5) is 2.26. The van der Waals surface area contributed by atoms with Gasteiger partial charge in [0, 0.05) is 19.2 Å². The highest BCUT2D eigenvalue weighted by Crippen LogP contribution is 2.28. The molecule has 0 radical (unpaired) electrons. The normalized spacial score (nSPS) is 16.1. The van der Waals surface area contributed by atoms with E-state index in [1.165, 1.54) is 17.7 Å². The van der Waals surface area contributed by atoms with Crippen molar-refractivity contribution in [1.82, 2.24) is 4.90 Å². The van der Waals surface area contributed by atoms with Gasteiger partial charge in [-0.15, -0.1) is 0 Å². The van der Waals surface area contributed by atoms with Gasteiger partial charge < -0.3 is 14.6 Å². The Kier molecular flexibility index (Phi) is 5.67. The van der Waals surface area contributed by atoms with E-state index >= 15 is 0 Å². The van der Waals surface area contributed by atoms with Gasteiger partial charge in [-0.05, 0) is 48.6 Å². The van der Waals surface area contributed by atoms with Crippen LogP contribution in [0.3, 0.4) is 0 Å². The van der Waals surface area contributed by atoms with Gasteiger partial charge in [-0.2, -0.15) is 0 Å². The minimum absolute atomic E-state index is 0.183. The zero-order chi connectivity index (χ0) is 16.8. The van der Waals surface area contributed by atoms with Gasteiger partial charge in [0.1, 0.15) is 24.0 Å². The van der Waals surface area contributed by atoms with E-state index in [2.05, 4.69) is 4.90 Å². The van der Waals surface area contributed by atoms with Crippen LogP contribution in [-0.4, -0.2) is 36.6 Å². The number of nitrogens with zero attached hydrogens (tertiary/aromatic N) is 1. The second-order valence-electron chi connectivity index (χ2n) is 5.97. The second kappa shape index (κ2) is 8.13. The maximum atomic E-state index is 13.0. The summed E-state index contributed by atoms with van der Waals surface area (Å²) >= 11 is 0. The second-order valence-corrected chi connectivity index (χ2v) is 5.97. The molecule has 2 aromatic carbocycles. The van der Waals surface area contributed by atoms with Crippen LogP contribution in [0.4, 0.5) is 4.39 Å². The Labute approximate surface area is 141 Å². The van der Waals surface area contributed by atoms with Crippen molar-refractivity contribution in [2.45, 2.75) is 18.8 Å². The fourth-order valence-corrected chi connectivity index (χ4v) is 3.02. The van der Waals surface area contributed by atoms with Crippen LogP contribution in [0.1, 0.15) is 24.3 Å². The number of hydrogen-bond acceptors (Lipinski definition) is 4. The van der Waals surface area contributed by atoms with Crippen LogP contribution in [0.2, 0.25) is 0 Å². The van der Waals surface area contributed by atoms with Crippen molar-refractivity contribution in [1.29, 1.82) is 0 Å². The van der Waals surface area contributed by atoms with Gasteiger partial charge in [-0.1, -0.05) is 18.2 Å². The number of hydrogen-bond donors (Lipinski definition) is 1. The van der Waals surface area contributed by atoms with E-state index in [-0.39, 0.29) is 12.6 Å². The molecule has 1 heterocycles. The topological polar surface area (TPSA) is 41.9 Å². The number of halogens is 1. The minimum Gasteiger partial charge on any atom is -0.478 e.